The van der Waals surface area contributed by atoms with Crippen LogP contribution in [0, 0.1) is 20.8 Å². The summed E-state index contributed by atoms with van der Waals surface area (Å²) in [5.41, 5.74) is 5.60. The number of piperidine rings is 1. The van der Waals surface area contributed by atoms with Gasteiger partial charge in [-0.2, -0.15) is 0 Å². The van der Waals surface area contributed by atoms with E-state index in [4.69, 9.17) is 9.72 Å². The van der Waals surface area contributed by atoms with E-state index in [-0.39, 0.29) is 11.8 Å². The van der Waals surface area contributed by atoms with E-state index in [1.807, 2.05) is 37.8 Å². The number of hydrogen-bond donors (Lipinski definition) is 0. The van der Waals surface area contributed by atoms with E-state index in [2.05, 4.69) is 34.2 Å². The highest BCUT2D eigenvalue weighted by atomic mass is 16.5. The van der Waals surface area contributed by atoms with Gasteiger partial charge in [0, 0.05) is 36.6 Å². The van der Waals surface area contributed by atoms with Crippen LogP contribution in [-0.2, 0) is 0 Å². The van der Waals surface area contributed by atoms with Gasteiger partial charge in [0.05, 0.1) is 18.4 Å². The highest BCUT2D eigenvalue weighted by molar-refractivity contribution is 5.95. The Morgan fingerprint density at radius 1 is 1.06 bits per heavy atom. The van der Waals surface area contributed by atoms with Crippen molar-refractivity contribution in [2.24, 2.45) is 0 Å². The molecular formula is C25H28N4O2. The third kappa shape index (κ3) is 4.58. The average molecular weight is 417 g/mol. The zero-order chi connectivity index (χ0) is 22.0. The van der Waals surface area contributed by atoms with E-state index in [1.165, 1.54) is 0 Å². The Morgan fingerprint density at radius 2 is 1.84 bits per heavy atom. The van der Waals surface area contributed by atoms with Crippen molar-refractivity contribution in [2.75, 3.05) is 20.2 Å². The number of hydrogen-bond acceptors (Lipinski definition) is 5. The summed E-state index contributed by atoms with van der Waals surface area (Å²) < 4.78 is 5.27. The molecule has 1 aliphatic rings. The van der Waals surface area contributed by atoms with Crippen molar-refractivity contribution in [2.45, 2.75) is 39.5 Å². The largest absolute Gasteiger partial charge is 0.497 e. The molecule has 3 heterocycles. The van der Waals surface area contributed by atoms with E-state index in [0.29, 0.717) is 17.9 Å². The number of pyridine rings is 1. The molecule has 1 aromatic carbocycles. The Morgan fingerprint density at radius 3 is 2.55 bits per heavy atom. The molecule has 31 heavy (non-hydrogen) atoms. The summed E-state index contributed by atoms with van der Waals surface area (Å²) in [6.45, 7) is 7.13. The maximum Gasteiger partial charge on any atom is 0.257 e. The first kappa shape index (κ1) is 21.0. The number of amides is 1. The summed E-state index contributed by atoms with van der Waals surface area (Å²) in [6.07, 6.45) is 3.62. The molecule has 0 radical (unpaired) electrons. The second-order valence-corrected chi connectivity index (χ2v) is 8.16. The lowest BCUT2D eigenvalue weighted by Gasteiger charge is -2.33. The van der Waals surface area contributed by atoms with Gasteiger partial charge in [0.15, 0.2) is 0 Å². The maximum atomic E-state index is 13.1. The topological polar surface area (TPSA) is 68.2 Å². The summed E-state index contributed by atoms with van der Waals surface area (Å²) in [5.74, 6) is 1.73. The van der Waals surface area contributed by atoms with E-state index in [1.54, 1.807) is 13.3 Å². The SMILES string of the molecule is COc1ccc(-c2cc(C)nc([C@H]3CCCN(C(=O)c4cnc(C)nc4C)C3)c2)cc1. The predicted octanol–water partition coefficient (Wildman–Crippen LogP) is 4.49. The molecule has 160 valence electrons. The number of aryl methyl sites for hydroxylation is 3. The molecule has 0 bridgehead atoms. The van der Waals surface area contributed by atoms with Crippen molar-refractivity contribution in [3.05, 3.63) is 71.1 Å². The van der Waals surface area contributed by atoms with E-state index in [9.17, 15) is 4.79 Å². The Bertz CT molecular complexity index is 1100. The van der Waals surface area contributed by atoms with Crippen LogP contribution in [-0.4, -0.2) is 46.0 Å². The fourth-order valence-corrected chi connectivity index (χ4v) is 4.22. The van der Waals surface area contributed by atoms with Gasteiger partial charge in [-0.1, -0.05) is 12.1 Å². The van der Waals surface area contributed by atoms with Crippen LogP contribution in [0.4, 0.5) is 0 Å². The van der Waals surface area contributed by atoms with Crippen molar-refractivity contribution in [1.29, 1.82) is 0 Å². The molecule has 1 amide bonds. The average Bonchev–Trinajstić information content (AvgIpc) is 2.78. The summed E-state index contributed by atoms with van der Waals surface area (Å²) in [4.78, 5) is 28.5. The second-order valence-electron chi connectivity index (χ2n) is 8.16. The van der Waals surface area contributed by atoms with Crippen molar-refractivity contribution < 1.29 is 9.53 Å². The van der Waals surface area contributed by atoms with Gasteiger partial charge in [-0.3, -0.25) is 9.78 Å². The quantitative estimate of drug-likeness (QED) is 0.627. The van der Waals surface area contributed by atoms with Gasteiger partial charge < -0.3 is 9.64 Å². The number of nitrogens with zero attached hydrogens (tertiary/aromatic N) is 4. The standard InChI is InChI=1S/C25H28N4O2/c1-16-12-21(19-7-9-22(31-4)10-8-19)13-24(27-16)20-6-5-11-29(15-20)25(30)23-14-26-18(3)28-17(23)2/h7-10,12-14,20H,5-6,11,15H2,1-4H3/t20-/m0/s1. The first-order valence-electron chi connectivity index (χ1n) is 10.7. The molecule has 1 fully saturated rings. The van der Waals surface area contributed by atoms with Gasteiger partial charge in [0.2, 0.25) is 0 Å². The van der Waals surface area contributed by atoms with Gasteiger partial charge in [-0.05, 0) is 69.0 Å². The van der Waals surface area contributed by atoms with Crippen molar-refractivity contribution in [1.82, 2.24) is 19.9 Å². The number of benzene rings is 1. The number of carbonyl (C=O) groups is 1. The molecule has 6 nitrogen and oxygen atoms in total. The van der Waals surface area contributed by atoms with Gasteiger partial charge in [-0.15, -0.1) is 0 Å². The molecule has 6 heteroatoms. The third-order valence-electron chi connectivity index (χ3n) is 5.85. The molecule has 0 N–H and O–H groups in total. The van der Waals surface area contributed by atoms with Crippen molar-refractivity contribution in [3.63, 3.8) is 0 Å². The van der Waals surface area contributed by atoms with Crippen LogP contribution in [0.5, 0.6) is 5.75 Å². The van der Waals surface area contributed by atoms with E-state index >= 15 is 0 Å². The monoisotopic (exact) mass is 416 g/mol. The van der Waals surface area contributed by atoms with Gasteiger partial charge >= 0.3 is 0 Å². The minimum Gasteiger partial charge on any atom is -0.497 e. The third-order valence-corrected chi connectivity index (χ3v) is 5.85. The Kier molecular flexibility index (Phi) is 5.98. The summed E-state index contributed by atoms with van der Waals surface area (Å²) >= 11 is 0. The summed E-state index contributed by atoms with van der Waals surface area (Å²) in [7, 11) is 1.67. The summed E-state index contributed by atoms with van der Waals surface area (Å²) in [6, 6.07) is 12.3. The lowest BCUT2D eigenvalue weighted by molar-refractivity contribution is 0.0704. The smallest absolute Gasteiger partial charge is 0.257 e. The van der Waals surface area contributed by atoms with Gasteiger partial charge in [-0.25, -0.2) is 9.97 Å². The number of methoxy groups -OCH3 is 1. The van der Waals surface area contributed by atoms with Crippen LogP contribution < -0.4 is 4.74 Å². The molecule has 3 aromatic rings. The van der Waals surface area contributed by atoms with E-state index in [0.717, 1.165) is 53.3 Å². The van der Waals surface area contributed by atoms with Crippen LogP contribution in [0.25, 0.3) is 11.1 Å². The van der Waals surface area contributed by atoms with Crippen molar-refractivity contribution >= 4 is 5.91 Å². The number of likely N-dealkylation sites (tertiary alicyclic amines) is 1. The molecular weight excluding hydrogens is 388 g/mol. The molecule has 4 rings (SSSR count). The number of aromatic nitrogens is 3. The predicted molar refractivity (Wildman–Crippen MR) is 120 cm³/mol. The van der Waals surface area contributed by atoms with Gasteiger partial charge in [0.25, 0.3) is 5.91 Å². The Labute approximate surface area is 183 Å². The molecule has 1 atom stereocenters. The van der Waals surface area contributed by atoms with Crippen LogP contribution in [0.2, 0.25) is 0 Å². The minimum atomic E-state index is 0.00484. The maximum absolute atomic E-state index is 13.1. The number of rotatable bonds is 4. The molecule has 1 saturated heterocycles. The molecule has 1 aliphatic heterocycles. The van der Waals surface area contributed by atoms with E-state index < -0.39 is 0 Å². The molecule has 0 spiro atoms. The molecule has 0 aliphatic carbocycles. The van der Waals surface area contributed by atoms with Crippen LogP contribution >= 0.6 is 0 Å². The lowest BCUT2D eigenvalue weighted by Crippen LogP contribution is -2.39. The van der Waals surface area contributed by atoms with Crippen LogP contribution in [0.3, 0.4) is 0 Å². The van der Waals surface area contributed by atoms with Crippen LogP contribution in [0.15, 0.2) is 42.6 Å². The summed E-state index contributed by atoms with van der Waals surface area (Å²) in [5, 5.41) is 0. The lowest BCUT2D eigenvalue weighted by atomic mass is 9.92. The first-order valence-corrected chi connectivity index (χ1v) is 10.7. The first-order chi connectivity index (χ1) is 14.9. The zero-order valence-electron chi connectivity index (χ0n) is 18.6. The van der Waals surface area contributed by atoms with Crippen LogP contribution in [0.1, 0.15) is 52.0 Å². The minimum absolute atomic E-state index is 0.00484. The molecule has 0 unspecified atom stereocenters. The fraction of sp³-hybridized carbons (Fsp3) is 0.360. The molecule has 2 aromatic heterocycles. The fourth-order valence-electron chi connectivity index (χ4n) is 4.22. The van der Waals surface area contributed by atoms with Gasteiger partial charge in [0.1, 0.15) is 11.6 Å². The Hall–Kier alpha value is -3.28. The molecule has 0 saturated carbocycles. The normalized spacial score (nSPS) is 16.3. The zero-order valence-corrected chi connectivity index (χ0v) is 18.6. The second kappa shape index (κ2) is 8.84. The highest BCUT2D eigenvalue weighted by Gasteiger charge is 2.28. The van der Waals surface area contributed by atoms with Crippen molar-refractivity contribution in [3.8, 4) is 16.9 Å². The highest BCUT2D eigenvalue weighted by Crippen LogP contribution is 2.31. The number of ether oxygens (including phenoxy) is 1. The Balaban J connectivity index is 1.57. The number of carbonyl (C=O) groups excluding carboxylic acids is 1.